The minimum atomic E-state index is -3.67. The summed E-state index contributed by atoms with van der Waals surface area (Å²) in [6.45, 7) is 4.10. The van der Waals surface area contributed by atoms with E-state index < -0.39 is 10.0 Å². The summed E-state index contributed by atoms with van der Waals surface area (Å²) in [7, 11) is -3.67. The Labute approximate surface area is 126 Å². The Morgan fingerprint density at radius 1 is 1.14 bits per heavy atom. The van der Waals surface area contributed by atoms with Crippen LogP contribution in [-0.2, 0) is 16.4 Å². The smallest absolute Gasteiger partial charge is 0.238 e. The molecule has 1 unspecified atom stereocenters. The number of rotatable bonds is 5. The molecule has 4 nitrogen and oxygen atoms in total. The molecule has 112 valence electrons. The van der Waals surface area contributed by atoms with Crippen LogP contribution in [0.4, 0.5) is 5.69 Å². The van der Waals surface area contributed by atoms with Crippen LogP contribution >= 0.6 is 0 Å². The van der Waals surface area contributed by atoms with E-state index in [4.69, 9.17) is 5.14 Å². The number of hydrogen-bond acceptors (Lipinski definition) is 3. The van der Waals surface area contributed by atoms with E-state index in [1.807, 2.05) is 25.1 Å². The fraction of sp³-hybridized carbons (Fsp3) is 0.250. The van der Waals surface area contributed by atoms with E-state index in [1.165, 1.54) is 11.6 Å². The summed E-state index contributed by atoms with van der Waals surface area (Å²) < 4.78 is 22.8. The van der Waals surface area contributed by atoms with Crippen molar-refractivity contribution >= 4 is 15.7 Å². The number of anilines is 1. The van der Waals surface area contributed by atoms with Crippen LogP contribution < -0.4 is 10.5 Å². The normalized spacial score (nSPS) is 12.9. The second-order valence-corrected chi connectivity index (χ2v) is 6.60. The van der Waals surface area contributed by atoms with Gasteiger partial charge in [-0.15, -0.1) is 0 Å². The molecular formula is C16H20N2O2S. The van der Waals surface area contributed by atoms with E-state index in [0.717, 1.165) is 17.7 Å². The average Bonchev–Trinajstić information content (AvgIpc) is 2.47. The molecule has 0 saturated carbocycles. The molecule has 2 aromatic carbocycles. The lowest BCUT2D eigenvalue weighted by molar-refractivity contribution is 0.597. The van der Waals surface area contributed by atoms with Crippen molar-refractivity contribution in [3.05, 3.63) is 59.7 Å². The monoisotopic (exact) mass is 304 g/mol. The minimum absolute atomic E-state index is 0.0147. The highest BCUT2D eigenvalue weighted by atomic mass is 32.2. The molecule has 0 radical (unpaired) electrons. The van der Waals surface area contributed by atoms with Gasteiger partial charge in [0.05, 0.1) is 4.90 Å². The second-order valence-electron chi connectivity index (χ2n) is 5.03. The van der Waals surface area contributed by atoms with Gasteiger partial charge in [-0.25, -0.2) is 13.6 Å². The Morgan fingerprint density at radius 3 is 2.38 bits per heavy atom. The zero-order valence-corrected chi connectivity index (χ0v) is 13.0. The Bertz CT molecular complexity index is 709. The fourth-order valence-corrected chi connectivity index (χ4v) is 2.70. The van der Waals surface area contributed by atoms with Gasteiger partial charge in [0, 0.05) is 11.7 Å². The van der Waals surface area contributed by atoms with Gasteiger partial charge in [0.15, 0.2) is 0 Å². The predicted octanol–water partition coefficient (Wildman–Crippen LogP) is 3.07. The first-order chi connectivity index (χ1) is 9.90. The van der Waals surface area contributed by atoms with Crippen molar-refractivity contribution in [2.45, 2.75) is 31.2 Å². The van der Waals surface area contributed by atoms with Crippen LogP contribution in [0.25, 0.3) is 0 Å². The third kappa shape index (κ3) is 4.06. The zero-order chi connectivity index (χ0) is 15.5. The Morgan fingerprint density at radius 2 is 1.81 bits per heavy atom. The van der Waals surface area contributed by atoms with Crippen molar-refractivity contribution < 1.29 is 8.42 Å². The molecule has 0 amide bonds. The highest BCUT2D eigenvalue weighted by Gasteiger charge is 2.11. The first-order valence-electron chi connectivity index (χ1n) is 6.88. The Kier molecular flexibility index (Phi) is 4.65. The quantitative estimate of drug-likeness (QED) is 0.891. The molecule has 0 fully saturated rings. The largest absolute Gasteiger partial charge is 0.379 e. The molecular weight excluding hydrogens is 284 g/mol. The number of primary sulfonamides is 1. The van der Waals surface area contributed by atoms with Crippen molar-refractivity contribution in [2.24, 2.45) is 5.14 Å². The molecule has 21 heavy (non-hydrogen) atoms. The zero-order valence-electron chi connectivity index (χ0n) is 12.2. The number of benzene rings is 2. The summed E-state index contributed by atoms with van der Waals surface area (Å²) in [5, 5.41) is 8.51. The van der Waals surface area contributed by atoms with Crippen LogP contribution in [0.5, 0.6) is 0 Å². The van der Waals surface area contributed by atoms with Crippen LogP contribution in [0.3, 0.4) is 0 Å². The fourth-order valence-electron chi connectivity index (χ4n) is 2.13. The van der Waals surface area contributed by atoms with Crippen molar-refractivity contribution in [1.82, 2.24) is 0 Å². The van der Waals surface area contributed by atoms with Gasteiger partial charge in [-0.2, -0.15) is 0 Å². The second kappa shape index (κ2) is 6.28. The van der Waals surface area contributed by atoms with Crippen molar-refractivity contribution in [3.8, 4) is 0 Å². The van der Waals surface area contributed by atoms with Gasteiger partial charge < -0.3 is 5.32 Å². The third-order valence-electron chi connectivity index (χ3n) is 3.43. The summed E-state index contributed by atoms with van der Waals surface area (Å²) >= 11 is 0. The maximum Gasteiger partial charge on any atom is 0.238 e. The topological polar surface area (TPSA) is 72.2 Å². The van der Waals surface area contributed by atoms with E-state index >= 15 is 0 Å². The van der Waals surface area contributed by atoms with E-state index in [0.29, 0.717) is 0 Å². The molecule has 1 atom stereocenters. The SMILES string of the molecule is CCc1ccc(NC(C)c2cccc(S(N)(=O)=O)c2)cc1. The van der Waals surface area contributed by atoms with Crippen LogP contribution in [0.2, 0.25) is 0 Å². The van der Waals surface area contributed by atoms with E-state index in [2.05, 4.69) is 24.4 Å². The third-order valence-corrected chi connectivity index (χ3v) is 4.34. The summed E-state index contributed by atoms with van der Waals surface area (Å²) in [5.41, 5.74) is 3.16. The van der Waals surface area contributed by atoms with E-state index in [1.54, 1.807) is 12.1 Å². The lowest BCUT2D eigenvalue weighted by Crippen LogP contribution is -2.13. The number of hydrogen-bond donors (Lipinski definition) is 2. The summed E-state index contributed by atoms with van der Waals surface area (Å²) in [6.07, 6.45) is 1.01. The van der Waals surface area contributed by atoms with Crippen LogP contribution in [0.15, 0.2) is 53.4 Å². The molecule has 0 saturated heterocycles. The average molecular weight is 304 g/mol. The van der Waals surface area contributed by atoms with E-state index in [9.17, 15) is 8.42 Å². The van der Waals surface area contributed by atoms with Gasteiger partial charge in [0.25, 0.3) is 0 Å². The predicted molar refractivity (Wildman–Crippen MR) is 85.7 cm³/mol. The molecule has 2 aromatic rings. The molecule has 0 aromatic heterocycles. The standard InChI is InChI=1S/C16H20N2O2S/c1-3-13-7-9-15(10-8-13)18-12(2)14-5-4-6-16(11-14)21(17,19)20/h4-12,18H,3H2,1-2H3,(H2,17,19,20). The highest BCUT2D eigenvalue weighted by molar-refractivity contribution is 7.89. The lowest BCUT2D eigenvalue weighted by Gasteiger charge is -2.16. The molecule has 0 bridgehead atoms. The molecule has 0 aliphatic carbocycles. The van der Waals surface area contributed by atoms with Crippen LogP contribution in [0, 0.1) is 0 Å². The van der Waals surface area contributed by atoms with Gasteiger partial charge in [-0.3, -0.25) is 0 Å². The van der Waals surface area contributed by atoms with Crippen LogP contribution in [0.1, 0.15) is 31.0 Å². The summed E-state index contributed by atoms with van der Waals surface area (Å²) in [6, 6.07) is 14.9. The Balaban J connectivity index is 2.18. The van der Waals surface area contributed by atoms with Gasteiger partial charge in [0.2, 0.25) is 10.0 Å². The number of sulfonamides is 1. The first kappa shape index (κ1) is 15.5. The maximum absolute atomic E-state index is 11.4. The van der Waals surface area contributed by atoms with Gasteiger partial charge in [-0.1, -0.05) is 31.2 Å². The van der Waals surface area contributed by atoms with Crippen molar-refractivity contribution in [1.29, 1.82) is 0 Å². The number of nitrogens with two attached hydrogens (primary N) is 1. The highest BCUT2D eigenvalue weighted by Crippen LogP contribution is 2.21. The number of nitrogens with one attached hydrogen (secondary N) is 1. The van der Waals surface area contributed by atoms with Crippen LogP contribution in [-0.4, -0.2) is 8.42 Å². The molecule has 2 rings (SSSR count). The molecule has 5 heteroatoms. The van der Waals surface area contributed by atoms with E-state index in [-0.39, 0.29) is 10.9 Å². The molecule has 0 heterocycles. The van der Waals surface area contributed by atoms with Crippen molar-refractivity contribution in [2.75, 3.05) is 5.32 Å². The minimum Gasteiger partial charge on any atom is -0.379 e. The summed E-state index contributed by atoms with van der Waals surface area (Å²) in [5.74, 6) is 0. The lowest BCUT2D eigenvalue weighted by atomic mass is 10.1. The molecule has 0 aliphatic rings. The van der Waals surface area contributed by atoms with Gasteiger partial charge in [-0.05, 0) is 48.7 Å². The molecule has 0 spiro atoms. The molecule has 3 N–H and O–H groups in total. The van der Waals surface area contributed by atoms with Crippen molar-refractivity contribution in [3.63, 3.8) is 0 Å². The Hall–Kier alpha value is -1.85. The van der Waals surface area contributed by atoms with Gasteiger partial charge >= 0.3 is 0 Å². The maximum atomic E-state index is 11.4. The molecule has 0 aliphatic heterocycles. The first-order valence-corrected chi connectivity index (χ1v) is 8.43. The number of aryl methyl sites for hydroxylation is 1. The van der Waals surface area contributed by atoms with Gasteiger partial charge in [0.1, 0.15) is 0 Å². The summed E-state index contributed by atoms with van der Waals surface area (Å²) in [4.78, 5) is 0.134.